The van der Waals surface area contributed by atoms with E-state index < -0.39 is 5.60 Å². The predicted octanol–water partition coefficient (Wildman–Crippen LogP) is 2.66. The highest BCUT2D eigenvalue weighted by molar-refractivity contribution is 5.41. The van der Waals surface area contributed by atoms with Gasteiger partial charge in [-0.15, -0.1) is 0 Å². The van der Waals surface area contributed by atoms with E-state index in [1.807, 2.05) is 24.3 Å². The van der Waals surface area contributed by atoms with Crippen LogP contribution in [0.15, 0.2) is 48.5 Å². The van der Waals surface area contributed by atoms with Gasteiger partial charge < -0.3 is 10.8 Å². The molecule has 2 unspecified atom stereocenters. The second kappa shape index (κ2) is 4.44. The third kappa shape index (κ3) is 2.05. The van der Waals surface area contributed by atoms with Gasteiger partial charge in [0.15, 0.2) is 0 Å². The van der Waals surface area contributed by atoms with E-state index in [-0.39, 0.29) is 18.3 Å². The van der Waals surface area contributed by atoms with Gasteiger partial charge in [0, 0.05) is 12.5 Å². The molecule has 0 saturated carbocycles. The van der Waals surface area contributed by atoms with Gasteiger partial charge in [-0.25, -0.2) is 4.39 Å². The van der Waals surface area contributed by atoms with Crippen molar-refractivity contribution in [2.45, 2.75) is 24.5 Å². The van der Waals surface area contributed by atoms with Gasteiger partial charge in [0.1, 0.15) is 5.82 Å². The Morgan fingerprint density at radius 1 is 1.16 bits per heavy atom. The third-order valence-electron chi connectivity index (χ3n) is 3.86. The molecule has 2 aromatic carbocycles. The molecule has 0 aromatic heterocycles. The van der Waals surface area contributed by atoms with Crippen LogP contribution in [0.5, 0.6) is 0 Å². The van der Waals surface area contributed by atoms with Gasteiger partial charge in [0.05, 0.1) is 5.60 Å². The molecule has 2 aromatic rings. The Hall–Kier alpha value is -1.71. The Morgan fingerprint density at radius 2 is 1.84 bits per heavy atom. The standard InChI is InChI=1S/C16H16FNO/c17-14-8-4-1-5-11(14)9-16(19)10-15(18)12-6-2-3-7-13(12)16/h1-8,15,19H,9-10,18H2. The van der Waals surface area contributed by atoms with Crippen molar-refractivity contribution < 1.29 is 9.50 Å². The van der Waals surface area contributed by atoms with Gasteiger partial charge in [-0.3, -0.25) is 0 Å². The zero-order valence-electron chi connectivity index (χ0n) is 10.5. The van der Waals surface area contributed by atoms with Crippen LogP contribution in [0.25, 0.3) is 0 Å². The largest absolute Gasteiger partial charge is 0.385 e. The fourth-order valence-electron chi connectivity index (χ4n) is 2.95. The molecule has 0 amide bonds. The molecule has 2 atom stereocenters. The van der Waals surface area contributed by atoms with Crippen molar-refractivity contribution in [2.24, 2.45) is 5.73 Å². The first-order valence-corrected chi connectivity index (χ1v) is 6.41. The van der Waals surface area contributed by atoms with Crippen LogP contribution in [0.1, 0.15) is 29.2 Å². The van der Waals surface area contributed by atoms with Crippen molar-refractivity contribution in [3.63, 3.8) is 0 Å². The number of fused-ring (bicyclic) bond motifs is 1. The van der Waals surface area contributed by atoms with Crippen molar-refractivity contribution >= 4 is 0 Å². The molecule has 0 bridgehead atoms. The minimum atomic E-state index is -1.07. The normalized spacial score (nSPS) is 25.3. The fourth-order valence-corrected chi connectivity index (χ4v) is 2.95. The Kier molecular flexibility index (Phi) is 2.88. The van der Waals surface area contributed by atoms with Crippen LogP contribution in [0.2, 0.25) is 0 Å². The van der Waals surface area contributed by atoms with E-state index in [0.717, 1.165) is 11.1 Å². The molecular formula is C16H16FNO. The highest BCUT2D eigenvalue weighted by Gasteiger charge is 2.41. The smallest absolute Gasteiger partial charge is 0.126 e. The fraction of sp³-hybridized carbons (Fsp3) is 0.250. The Labute approximate surface area is 111 Å². The average Bonchev–Trinajstić information content (AvgIpc) is 2.65. The van der Waals surface area contributed by atoms with E-state index in [4.69, 9.17) is 5.73 Å². The lowest BCUT2D eigenvalue weighted by Crippen LogP contribution is -2.27. The van der Waals surface area contributed by atoms with Gasteiger partial charge >= 0.3 is 0 Å². The van der Waals surface area contributed by atoms with E-state index in [1.54, 1.807) is 18.2 Å². The maximum Gasteiger partial charge on any atom is 0.126 e. The molecule has 1 aliphatic carbocycles. The first kappa shape index (κ1) is 12.3. The number of rotatable bonds is 2. The summed E-state index contributed by atoms with van der Waals surface area (Å²) in [6.45, 7) is 0. The first-order valence-electron chi connectivity index (χ1n) is 6.41. The van der Waals surface area contributed by atoms with Crippen LogP contribution in [-0.2, 0) is 12.0 Å². The van der Waals surface area contributed by atoms with Crippen LogP contribution >= 0.6 is 0 Å². The van der Waals surface area contributed by atoms with Crippen LogP contribution in [0.4, 0.5) is 4.39 Å². The summed E-state index contributed by atoms with van der Waals surface area (Å²) >= 11 is 0. The summed E-state index contributed by atoms with van der Waals surface area (Å²) in [5.41, 5.74) is 7.30. The van der Waals surface area contributed by atoms with Crippen LogP contribution in [0, 0.1) is 5.82 Å². The lowest BCUT2D eigenvalue weighted by molar-refractivity contribution is 0.0333. The summed E-state index contributed by atoms with van der Waals surface area (Å²) in [5.74, 6) is -0.283. The van der Waals surface area contributed by atoms with Gasteiger partial charge in [-0.2, -0.15) is 0 Å². The summed E-state index contributed by atoms with van der Waals surface area (Å²) in [4.78, 5) is 0. The van der Waals surface area contributed by atoms with Crippen LogP contribution < -0.4 is 5.73 Å². The van der Waals surface area contributed by atoms with Crippen LogP contribution in [-0.4, -0.2) is 5.11 Å². The lowest BCUT2D eigenvalue weighted by Gasteiger charge is -2.24. The zero-order valence-corrected chi connectivity index (χ0v) is 10.5. The minimum absolute atomic E-state index is 0.187. The molecule has 0 radical (unpaired) electrons. The van der Waals surface area contributed by atoms with Crippen molar-refractivity contribution in [1.82, 2.24) is 0 Å². The maximum atomic E-state index is 13.7. The number of hydrogen-bond donors (Lipinski definition) is 2. The molecule has 3 heteroatoms. The van der Waals surface area contributed by atoms with Crippen LogP contribution in [0.3, 0.4) is 0 Å². The second-order valence-corrected chi connectivity index (χ2v) is 5.20. The number of aliphatic hydroxyl groups is 1. The monoisotopic (exact) mass is 257 g/mol. The molecule has 2 nitrogen and oxygen atoms in total. The summed E-state index contributed by atoms with van der Waals surface area (Å²) in [6.07, 6.45) is 0.686. The molecule has 3 rings (SSSR count). The quantitative estimate of drug-likeness (QED) is 0.868. The number of halogens is 1. The predicted molar refractivity (Wildman–Crippen MR) is 72.0 cm³/mol. The second-order valence-electron chi connectivity index (χ2n) is 5.20. The maximum absolute atomic E-state index is 13.7. The highest BCUT2D eigenvalue weighted by atomic mass is 19.1. The van der Waals surface area contributed by atoms with Gasteiger partial charge in [-0.1, -0.05) is 42.5 Å². The van der Waals surface area contributed by atoms with Gasteiger partial charge in [-0.05, 0) is 29.2 Å². The molecular weight excluding hydrogens is 241 g/mol. The SMILES string of the molecule is NC1CC(O)(Cc2ccccc2F)c2ccccc21. The Balaban J connectivity index is 2.00. The summed E-state index contributed by atoms with van der Waals surface area (Å²) in [6, 6.07) is 14.0. The van der Waals surface area contributed by atoms with Crippen molar-refractivity contribution in [3.05, 3.63) is 71.0 Å². The highest BCUT2D eigenvalue weighted by Crippen LogP contribution is 2.44. The number of hydrogen-bond acceptors (Lipinski definition) is 2. The van der Waals surface area contributed by atoms with Crippen molar-refractivity contribution in [2.75, 3.05) is 0 Å². The van der Waals surface area contributed by atoms with E-state index >= 15 is 0 Å². The Morgan fingerprint density at radius 3 is 2.63 bits per heavy atom. The number of benzene rings is 2. The molecule has 1 aliphatic rings. The van der Waals surface area contributed by atoms with E-state index in [9.17, 15) is 9.50 Å². The summed E-state index contributed by atoms with van der Waals surface area (Å²) in [7, 11) is 0. The number of nitrogens with two attached hydrogens (primary N) is 1. The first-order chi connectivity index (χ1) is 9.10. The molecule has 19 heavy (non-hydrogen) atoms. The van der Waals surface area contributed by atoms with E-state index in [0.29, 0.717) is 12.0 Å². The van der Waals surface area contributed by atoms with Crippen molar-refractivity contribution in [1.29, 1.82) is 0 Å². The lowest BCUT2D eigenvalue weighted by atomic mass is 9.88. The van der Waals surface area contributed by atoms with Gasteiger partial charge in [0.25, 0.3) is 0 Å². The molecule has 0 heterocycles. The molecule has 0 fully saturated rings. The molecule has 0 saturated heterocycles. The molecule has 0 aliphatic heterocycles. The zero-order chi connectivity index (χ0) is 13.5. The van der Waals surface area contributed by atoms with E-state index in [1.165, 1.54) is 6.07 Å². The third-order valence-corrected chi connectivity index (χ3v) is 3.86. The summed E-state index contributed by atoms with van der Waals surface area (Å²) in [5, 5.41) is 10.8. The average molecular weight is 257 g/mol. The molecule has 3 N–H and O–H groups in total. The Bertz CT molecular complexity index is 613. The van der Waals surface area contributed by atoms with Crippen molar-refractivity contribution in [3.8, 4) is 0 Å². The topological polar surface area (TPSA) is 46.2 Å². The molecule has 0 spiro atoms. The minimum Gasteiger partial charge on any atom is -0.385 e. The summed E-state index contributed by atoms with van der Waals surface area (Å²) < 4.78 is 13.7. The van der Waals surface area contributed by atoms with Gasteiger partial charge in [0.2, 0.25) is 0 Å². The molecule has 98 valence electrons. The van der Waals surface area contributed by atoms with E-state index in [2.05, 4.69) is 0 Å².